The van der Waals surface area contributed by atoms with Crippen molar-refractivity contribution in [3.63, 3.8) is 0 Å². The van der Waals surface area contributed by atoms with Gasteiger partial charge in [0.15, 0.2) is 0 Å². The van der Waals surface area contributed by atoms with Gasteiger partial charge < -0.3 is 5.11 Å². The molecule has 2 rings (SSSR count). The summed E-state index contributed by atoms with van der Waals surface area (Å²) >= 11 is 1.59. The van der Waals surface area contributed by atoms with Gasteiger partial charge in [0.25, 0.3) is 0 Å². The van der Waals surface area contributed by atoms with Gasteiger partial charge in [-0.1, -0.05) is 0 Å². The van der Waals surface area contributed by atoms with E-state index in [2.05, 4.69) is 5.10 Å². The third kappa shape index (κ3) is 1.90. The largest absolute Gasteiger partial charge is 0.381 e. The van der Waals surface area contributed by atoms with Gasteiger partial charge in [-0.05, 0) is 43.8 Å². The molecule has 0 bridgehead atoms. The summed E-state index contributed by atoms with van der Waals surface area (Å²) in [6, 6.07) is 3.98. The van der Waals surface area contributed by atoms with Crippen LogP contribution in [0, 0.1) is 13.8 Å². The Balaban J connectivity index is 2.40. The number of hydrogen-bond acceptors (Lipinski definition) is 3. The lowest BCUT2D eigenvalue weighted by Crippen LogP contribution is -2.08. The first-order valence-corrected chi connectivity index (χ1v) is 6.27. The van der Waals surface area contributed by atoms with Gasteiger partial charge in [-0.25, -0.2) is 0 Å². The van der Waals surface area contributed by atoms with E-state index in [9.17, 15) is 5.11 Å². The zero-order chi connectivity index (χ0) is 11.7. The molecule has 0 spiro atoms. The van der Waals surface area contributed by atoms with Gasteiger partial charge in [0.2, 0.25) is 0 Å². The van der Waals surface area contributed by atoms with Crippen molar-refractivity contribution in [1.82, 2.24) is 9.78 Å². The molecule has 86 valence electrons. The Morgan fingerprint density at radius 3 is 2.81 bits per heavy atom. The molecule has 0 saturated heterocycles. The van der Waals surface area contributed by atoms with Crippen LogP contribution >= 0.6 is 11.3 Å². The van der Waals surface area contributed by atoms with E-state index in [0.717, 1.165) is 28.4 Å². The predicted octanol–water partition coefficient (Wildman–Crippen LogP) is 2.66. The van der Waals surface area contributed by atoms with Crippen LogP contribution in [0.15, 0.2) is 17.5 Å². The monoisotopic (exact) mass is 236 g/mol. The number of rotatable bonds is 3. The Morgan fingerprint density at radius 1 is 1.50 bits per heavy atom. The Kier molecular flexibility index (Phi) is 3.12. The first kappa shape index (κ1) is 11.4. The van der Waals surface area contributed by atoms with Crippen LogP contribution in [-0.2, 0) is 6.54 Å². The van der Waals surface area contributed by atoms with Crippen LogP contribution in [0.1, 0.15) is 34.9 Å². The second-order valence-electron chi connectivity index (χ2n) is 3.90. The standard InChI is InChI=1S/C12H16N2OS/c1-4-14-10(7-9(3)13-14)11(15)12-8(2)5-6-16-12/h5-7,11,15H,4H2,1-3H3. The third-order valence-electron chi connectivity index (χ3n) is 2.66. The second-order valence-corrected chi connectivity index (χ2v) is 4.84. The molecule has 0 saturated carbocycles. The number of thiophene rings is 1. The average molecular weight is 236 g/mol. The number of aliphatic hydroxyl groups is 1. The molecule has 0 aliphatic heterocycles. The van der Waals surface area contributed by atoms with Gasteiger partial charge >= 0.3 is 0 Å². The van der Waals surface area contributed by atoms with Gasteiger partial charge in [-0.15, -0.1) is 11.3 Å². The number of aryl methyl sites for hydroxylation is 3. The van der Waals surface area contributed by atoms with Crippen LogP contribution in [0.3, 0.4) is 0 Å². The first-order valence-electron chi connectivity index (χ1n) is 5.40. The minimum absolute atomic E-state index is 0.554. The summed E-state index contributed by atoms with van der Waals surface area (Å²) in [5.41, 5.74) is 2.97. The van der Waals surface area contributed by atoms with Crippen LogP contribution in [0.2, 0.25) is 0 Å². The average Bonchev–Trinajstić information content (AvgIpc) is 2.83. The van der Waals surface area contributed by atoms with Crippen molar-refractivity contribution in [3.8, 4) is 0 Å². The number of hydrogen-bond donors (Lipinski definition) is 1. The van der Waals surface area contributed by atoms with Crippen molar-refractivity contribution >= 4 is 11.3 Å². The van der Waals surface area contributed by atoms with E-state index < -0.39 is 6.10 Å². The third-order valence-corrected chi connectivity index (χ3v) is 3.73. The minimum atomic E-state index is -0.554. The second kappa shape index (κ2) is 4.39. The normalized spacial score (nSPS) is 13.0. The first-order chi connectivity index (χ1) is 7.63. The topological polar surface area (TPSA) is 38.0 Å². The quantitative estimate of drug-likeness (QED) is 0.889. The maximum Gasteiger partial charge on any atom is 0.130 e. The molecule has 0 aliphatic rings. The molecule has 0 fully saturated rings. The fourth-order valence-electron chi connectivity index (χ4n) is 1.84. The van der Waals surface area contributed by atoms with Crippen molar-refractivity contribution in [2.45, 2.75) is 33.4 Å². The highest BCUT2D eigenvalue weighted by Gasteiger charge is 2.18. The van der Waals surface area contributed by atoms with E-state index in [1.165, 1.54) is 0 Å². The maximum absolute atomic E-state index is 10.3. The molecule has 2 aromatic heterocycles. The molecule has 2 aromatic rings. The SMILES string of the molecule is CCn1nc(C)cc1C(O)c1sccc1C. The lowest BCUT2D eigenvalue weighted by Gasteiger charge is -2.11. The lowest BCUT2D eigenvalue weighted by molar-refractivity contribution is 0.211. The molecule has 2 heterocycles. The van der Waals surface area contributed by atoms with E-state index in [1.54, 1.807) is 11.3 Å². The number of nitrogens with zero attached hydrogens (tertiary/aromatic N) is 2. The minimum Gasteiger partial charge on any atom is -0.381 e. The highest BCUT2D eigenvalue weighted by Crippen LogP contribution is 2.29. The van der Waals surface area contributed by atoms with E-state index in [4.69, 9.17) is 0 Å². The summed E-state index contributed by atoms with van der Waals surface area (Å²) in [4.78, 5) is 1.01. The van der Waals surface area contributed by atoms with Crippen molar-refractivity contribution < 1.29 is 5.11 Å². The molecule has 0 amide bonds. The highest BCUT2D eigenvalue weighted by atomic mass is 32.1. The molecule has 16 heavy (non-hydrogen) atoms. The Bertz CT molecular complexity index is 487. The van der Waals surface area contributed by atoms with Crippen LogP contribution in [-0.4, -0.2) is 14.9 Å². The number of aliphatic hydroxyl groups excluding tert-OH is 1. The lowest BCUT2D eigenvalue weighted by atomic mass is 10.1. The van der Waals surface area contributed by atoms with E-state index in [-0.39, 0.29) is 0 Å². The van der Waals surface area contributed by atoms with Gasteiger partial charge in [-0.2, -0.15) is 5.10 Å². The van der Waals surface area contributed by atoms with Crippen LogP contribution in [0.25, 0.3) is 0 Å². The number of aromatic nitrogens is 2. The van der Waals surface area contributed by atoms with E-state index in [0.29, 0.717) is 0 Å². The molecule has 1 unspecified atom stereocenters. The summed E-state index contributed by atoms with van der Waals surface area (Å²) in [6.07, 6.45) is -0.554. The van der Waals surface area contributed by atoms with Crippen LogP contribution in [0.5, 0.6) is 0 Å². The smallest absolute Gasteiger partial charge is 0.130 e. The van der Waals surface area contributed by atoms with E-state index in [1.807, 2.05) is 43.0 Å². The van der Waals surface area contributed by atoms with Crippen LogP contribution < -0.4 is 0 Å². The molecule has 4 heteroatoms. The molecular formula is C12H16N2OS. The molecule has 0 aromatic carbocycles. The highest BCUT2D eigenvalue weighted by molar-refractivity contribution is 7.10. The van der Waals surface area contributed by atoms with Gasteiger partial charge in [0.05, 0.1) is 11.4 Å². The summed E-state index contributed by atoms with van der Waals surface area (Å²) in [5.74, 6) is 0. The summed E-state index contributed by atoms with van der Waals surface area (Å²) < 4.78 is 1.86. The predicted molar refractivity (Wildman–Crippen MR) is 65.8 cm³/mol. The van der Waals surface area contributed by atoms with Gasteiger partial charge in [-0.3, -0.25) is 4.68 Å². The van der Waals surface area contributed by atoms with Crippen molar-refractivity contribution in [2.75, 3.05) is 0 Å². The maximum atomic E-state index is 10.3. The molecule has 1 N–H and O–H groups in total. The van der Waals surface area contributed by atoms with E-state index >= 15 is 0 Å². The molecule has 0 radical (unpaired) electrons. The van der Waals surface area contributed by atoms with Crippen molar-refractivity contribution in [3.05, 3.63) is 39.3 Å². The fourth-order valence-corrected chi connectivity index (χ4v) is 2.76. The Hall–Kier alpha value is -1.13. The molecular weight excluding hydrogens is 220 g/mol. The van der Waals surface area contributed by atoms with Gasteiger partial charge in [0.1, 0.15) is 6.10 Å². The fraction of sp³-hybridized carbons (Fsp3) is 0.417. The summed E-state index contributed by atoms with van der Waals surface area (Å²) in [7, 11) is 0. The Morgan fingerprint density at radius 2 is 2.25 bits per heavy atom. The molecule has 0 aliphatic carbocycles. The Labute approximate surface area is 99.4 Å². The summed E-state index contributed by atoms with van der Waals surface area (Å²) in [5, 5.41) is 16.7. The van der Waals surface area contributed by atoms with Crippen molar-refractivity contribution in [1.29, 1.82) is 0 Å². The molecule has 3 nitrogen and oxygen atoms in total. The zero-order valence-corrected chi connectivity index (χ0v) is 10.6. The van der Waals surface area contributed by atoms with Gasteiger partial charge in [0, 0.05) is 11.4 Å². The zero-order valence-electron chi connectivity index (χ0n) is 9.77. The summed E-state index contributed by atoms with van der Waals surface area (Å²) in [6.45, 7) is 6.78. The van der Waals surface area contributed by atoms with Crippen LogP contribution in [0.4, 0.5) is 0 Å². The molecule has 1 atom stereocenters. The van der Waals surface area contributed by atoms with Crippen molar-refractivity contribution in [2.24, 2.45) is 0 Å².